The van der Waals surface area contributed by atoms with Crippen molar-refractivity contribution in [2.24, 2.45) is 11.1 Å². The molecule has 0 aliphatic rings. The normalized spacial score (nSPS) is 11.5. The second-order valence-corrected chi connectivity index (χ2v) is 7.06. The molecule has 3 nitrogen and oxygen atoms in total. The molecule has 0 unspecified atom stereocenters. The second-order valence-electron chi connectivity index (χ2n) is 6.20. The summed E-state index contributed by atoms with van der Waals surface area (Å²) < 4.78 is 1.11. The minimum absolute atomic E-state index is 0.0292. The minimum atomic E-state index is -0.0292. The van der Waals surface area contributed by atoms with Crippen LogP contribution in [0.25, 0.3) is 0 Å². The molecule has 0 bridgehead atoms. The van der Waals surface area contributed by atoms with Crippen LogP contribution in [0.3, 0.4) is 0 Å². The van der Waals surface area contributed by atoms with Crippen molar-refractivity contribution in [1.82, 2.24) is 4.90 Å². The molecule has 0 aliphatic heterocycles. The highest BCUT2D eigenvalue weighted by Crippen LogP contribution is 2.19. The third kappa shape index (κ3) is 5.25. The van der Waals surface area contributed by atoms with Crippen molar-refractivity contribution in [2.75, 3.05) is 20.1 Å². The zero-order valence-corrected chi connectivity index (χ0v) is 14.5. The maximum Gasteiger partial charge on any atom is 0.222 e. The Labute approximate surface area is 130 Å². The zero-order chi connectivity index (χ0) is 15.3. The van der Waals surface area contributed by atoms with Crippen LogP contribution >= 0.6 is 15.9 Å². The van der Waals surface area contributed by atoms with Gasteiger partial charge in [-0.05, 0) is 42.5 Å². The van der Waals surface area contributed by atoms with Crippen LogP contribution in [0, 0.1) is 12.3 Å². The van der Waals surface area contributed by atoms with Crippen molar-refractivity contribution in [3.05, 3.63) is 33.8 Å². The van der Waals surface area contributed by atoms with Crippen LogP contribution < -0.4 is 5.73 Å². The van der Waals surface area contributed by atoms with Crippen LogP contribution in [0.2, 0.25) is 0 Å². The number of halogens is 1. The predicted octanol–water partition coefficient (Wildman–Crippen LogP) is 3.13. The summed E-state index contributed by atoms with van der Waals surface area (Å²) in [5, 5.41) is 0. The van der Waals surface area contributed by atoms with Gasteiger partial charge in [0.1, 0.15) is 0 Å². The van der Waals surface area contributed by atoms with Gasteiger partial charge in [0.2, 0.25) is 5.91 Å². The molecule has 0 saturated heterocycles. The molecule has 1 aromatic carbocycles. The smallest absolute Gasteiger partial charge is 0.222 e. The van der Waals surface area contributed by atoms with Gasteiger partial charge in [-0.3, -0.25) is 4.79 Å². The lowest BCUT2D eigenvalue weighted by Gasteiger charge is -2.29. The van der Waals surface area contributed by atoms with E-state index in [-0.39, 0.29) is 11.3 Å². The Balaban J connectivity index is 2.52. The number of rotatable bonds is 6. The van der Waals surface area contributed by atoms with E-state index in [4.69, 9.17) is 5.73 Å². The quantitative estimate of drug-likeness (QED) is 0.864. The van der Waals surface area contributed by atoms with E-state index in [0.29, 0.717) is 19.5 Å². The van der Waals surface area contributed by atoms with E-state index in [1.165, 1.54) is 11.1 Å². The molecule has 1 amide bonds. The van der Waals surface area contributed by atoms with Crippen LogP contribution in [-0.2, 0) is 11.2 Å². The van der Waals surface area contributed by atoms with E-state index in [1.807, 2.05) is 13.1 Å². The third-order valence-electron chi connectivity index (χ3n) is 3.49. The summed E-state index contributed by atoms with van der Waals surface area (Å²) in [5.41, 5.74) is 8.08. The van der Waals surface area contributed by atoms with Gasteiger partial charge in [-0.15, -0.1) is 0 Å². The highest BCUT2D eigenvalue weighted by Gasteiger charge is 2.20. The van der Waals surface area contributed by atoms with Crippen LogP contribution in [-0.4, -0.2) is 30.9 Å². The average Bonchev–Trinajstić information content (AvgIpc) is 2.39. The number of carbonyl (C=O) groups excluding carboxylic acids is 1. The lowest BCUT2D eigenvalue weighted by molar-refractivity contribution is -0.131. The van der Waals surface area contributed by atoms with Gasteiger partial charge in [-0.1, -0.05) is 41.9 Å². The molecular weight excluding hydrogens is 316 g/mol. The number of nitrogens with two attached hydrogens (primary N) is 1. The van der Waals surface area contributed by atoms with Crippen LogP contribution in [0.15, 0.2) is 22.7 Å². The van der Waals surface area contributed by atoms with Crippen LogP contribution in [0.4, 0.5) is 0 Å². The molecule has 0 spiro atoms. The molecule has 0 atom stereocenters. The maximum atomic E-state index is 12.1. The lowest BCUT2D eigenvalue weighted by Crippen LogP contribution is -2.39. The number of benzene rings is 1. The Morgan fingerprint density at radius 3 is 2.60 bits per heavy atom. The molecule has 0 heterocycles. The fraction of sp³-hybridized carbons (Fsp3) is 0.562. The minimum Gasteiger partial charge on any atom is -0.345 e. The summed E-state index contributed by atoms with van der Waals surface area (Å²) in [7, 11) is 1.85. The van der Waals surface area contributed by atoms with Crippen LogP contribution in [0.1, 0.15) is 31.4 Å². The molecule has 1 rings (SSSR count). The first-order valence-electron chi connectivity index (χ1n) is 6.94. The van der Waals surface area contributed by atoms with Gasteiger partial charge in [0.05, 0.1) is 0 Å². The van der Waals surface area contributed by atoms with E-state index >= 15 is 0 Å². The summed E-state index contributed by atoms with van der Waals surface area (Å²) >= 11 is 3.49. The Morgan fingerprint density at radius 1 is 1.40 bits per heavy atom. The molecule has 20 heavy (non-hydrogen) atoms. The Hall–Kier alpha value is -0.870. The fourth-order valence-electron chi connectivity index (χ4n) is 2.10. The SMILES string of the molecule is Cc1cc(CCC(=O)N(C)CC(C)(C)CN)ccc1Br. The number of amides is 1. The van der Waals surface area contributed by atoms with Crippen molar-refractivity contribution >= 4 is 21.8 Å². The highest BCUT2D eigenvalue weighted by molar-refractivity contribution is 9.10. The number of hydrogen-bond donors (Lipinski definition) is 1. The second kappa shape index (κ2) is 7.23. The molecule has 4 heteroatoms. The molecule has 0 aromatic heterocycles. The number of aryl methyl sites for hydroxylation is 2. The Bertz CT molecular complexity index is 472. The number of carbonyl (C=O) groups is 1. The largest absolute Gasteiger partial charge is 0.345 e. The van der Waals surface area contributed by atoms with Gasteiger partial charge in [-0.25, -0.2) is 0 Å². The summed E-state index contributed by atoms with van der Waals surface area (Å²) in [4.78, 5) is 13.9. The first-order valence-corrected chi connectivity index (χ1v) is 7.73. The fourth-order valence-corrected chi connectivity index (χ4v) is 2.35. The predicted molar refractivity (Wildman–Crippen MR) is 87.7 cm³/mol. The summed E-state index contributed by atoms with van der Waals surface area (Å²) in [6, 6.07) is 6.23. The first-order chi connectivity index (χ1) is 9.25. The molecule has 0 fully saturated rings. The van der Waals surface area contributed by atoms with Crippen molar-refractivity contribution < 1.29 is 4.79 Å². The molecule has 0 radical (unpaired) electrons. The average molecular weight is 341 g/mol. The summed E-state index contributed by atoms with van der Waals surface area (Å²) in [6.45, 7) is 7.49. The van der Waals surface area contributed by atoms with Crippen molar-refractivity contribution in [1.29, 1.82) is 0 Å². The standard InChI is InChI=1S/C16H25BrN2O/c1-12-9-13(5-7-14(12)17)6-8-15(20)19(4)11-16(2,3)10-18/h5,7,9H,6,8,10-11,18H2,1-4H3. The number of nitrogens with zero attached hydrogens (tertiary/aromatic N) is 1. The Kier molecular flexibility index (Phi) is 6.21. The molecule has 112 valence electrons. The van der Waals surface area contributed by atoms with E-state index in [1.54, 1.807) is 4.90 Å². The first kappa shape index (κ1) is 17.2. The van der Waals surface area contributed by atoms with Gasteiger partial charge in [0.25, 0.3) is 0 Å². The molecule has 0 aliphatic carbocycles. The third-order valence-corrected chi connectivity index (χ3v) is 4.38. The summed E-state index contributed by atoms with van der Waals surface area (Å²) in [5.74, 6) is 0.173. The van der Waals surface area contributed by atoms with Gasteiger partial charge >= 0.3 is 0 Å². The zero-order valence-electron chi connectivity index (χ0n) is 12.9. The van der Waals surface area contributed by atoms with E-state index < -0.39 is 0 Å². The molecular formula is C16H25BrN2O. The topological polar surface area (TPSA) is 46.3 Å². The van der Waals surface area contributed by atoms with Crippen molar-refractivity contribution in [3.8, 4) is 0 Å². The lowest BCUT2D eigenvalue weighted by atomic mass is 9.93. The van der Waals surface area contributed by atoms with Gasteiger partial charge in [0.15, 0.2) is 0 Å². The van der Waals surface area contributed by atoms with Crippen molar-refractivity contribution in [3.63, 3.8) is 0 Å². The molecule has 2 N–H and O–H groups in total. The molecule has 0 saturated carbocycles. The van der Waals surface area contributed by atoms with Crippen LogP contribution in [0.5, 0.6) is 0 Å². The van der Waals surface area contributed by atoms with Gasteiger partial charge < -0.3 is 10.6 Å². The summed E-state index contributed by atoms with van der Waals surface area (Å²) in [6.07, 6.45) is 1.32. The van der Waals surface area contributed by atoms with E-state index in [0.717, 1.165) is 10.9 Å². The van der Waals surface area contributed by atoms with Crippen molar-refractivity contribution in [2.45, 2.75) is 33.6 Å². The van der Waals surface area contributed by atoms with E-state index in [2.05, 4.69) is 48.8 Å². The van der Waals surface area contributed by atoms with Gasteiger partial charge in [-0.2, -0.15) is 0 Å². The maximum absolute atomic E-state index is 12.1. The monoisotopic (exact) mass is 340 g/mol. The highest BCUT2D eigenvalue weighted by atomic mass is 79.9. The molecule has 1 aromatic rings. The number of hydrogen-bond acceptors (Lipinski definition) is 2. The Morgan fingerprint density at radius 2 is 2.05 bits per heavy atom. The van der Waals surface area contributed by atoms with E-state index in [9.17, 15) is 4.79 Å². The van der Waals surface area contributed by atoms with Gasteiger partial charge in [0, 0.05) is 24.5 Å².